The minimum absolute atomic E-state index is 0.180. The zero-order valence-corrected chi connectivity index (χ0v) is 14.5. The van der Waals surface area contributed by atoms with E-state index in [9.17, 15) is 9.59 Å². The van der Waals surface area contributed by atoms with Gasteiger partial charge in [0.05, 0.1) is 28.3 Å². The third-order valence-corrected chi connectivity index (χ3v) is 4.88. The van der Waals surface area contributed by atoms with Crippen LogP contribution in [-0.2, 0) is 6.54 Å². The van der Waals surface area contributed by atoms with Crippen LogP contribution in [0.3, 0.4) is 0 Å². The van der Waals surface area contributed by atoms with Crippen molar-refractivity contribution in [3.05, 3.63) is 79.9 Å². The molecule has 4 nitrogen and oxygen atoms in total. The number of benzene rings is 1. The normalized spacial score (nSPS) is 10.6. The van der Waals surface area contributed by atoms with Gasteiger partial charge in [0, 0.05) is 9.90 Å². The molecule has 122 valence electrons. The van der Waals surface area contributed by atoms with Gasteiger partial charge in [0.15, 0.2) is 5.76 Å². The Hall–Kier alpha value is -2.08. The maximum atomic E-state index is 12.2. The van der Waals surface area contributed by atoms with Crippen LogP contribution >= 0.6 is 34.5 Å². The van der Waals surface area contributed by atoms with Gasteiger partial charge in [-0.25, -0.2) is 0 Å². The standard InChI is InChI=1S/C17H11Cl2NO3S/c18-10-3-5-13(19)12(8-10)17(22)20-9-11-4-6-15(24-11)16(21)14-2-1-7-23-14/h1-8H,9H2,(H,20,22). The van der Waals surface area contributed by atoms with Gasteiger partial charge < -0.3 is 9.73 Å². The number of hydrogen-bond donors (Lipinski definition) is 1. The molecule has 2 heterocycles. The molecular weight excluding hydrogens is 369 g/mol. The van der Waals surface area contributed by atoms with E-state index in [4.69, 9.17) is 27.6 Å². The highest BCUT2D eigenvalue weighted by atomic mass is 35.5. The molecule has 0 saturated heterocycles. The Kier molecular flexibility index (Phi) is 5.04. The molecule has 0 radical (unpaired) electrons. The van der Waals surface area contributed by atoms with Crippen molar-refractivity contribution >= 4 is 46.2 Å². The lowest BCUT2D eigenvalue weighted by Crippen LogP contribution is -2.22. The van der Waals surface area contributed by atoms with Crippen molar-refractivity contribution in [1.82, 2.24) is 5.32 Å². The number of carbonyl (C=O) groups is 2. The third kappa shape index (κ3) is 3.70. The highest BCUT2D eigenvalue weighted by Gasteiger charge is 2.15. The van der Waals surface area contributed by atoms with E-state index in [0.717, 1.165) is 4.88 Å². The summed E-state index contributed by atoms with van der Waals surface area (Å²) in [5, 5.41) is 3.53. The second-order valence-electron chi connectivity index (χ2n) is 4.88. The summed E-state index contributed by atoms with van der Waals surface area (Å²) in [5.74, 6) is -0.214. The van der Waals surface area contributed by atoms with Gasteiger partial charge in [-0.1, -0.05) is 23.2 Å². The van der Waals surface area contributed by atoms with Crippen LogP contribution in [0.5, 0.6) is 0 Å². The van der Waals surface area contributed by atoms with Gasteiger partial charge in [0.2, 0.25) is 5.78 Å². The fourth-order valence-electron chi connectivity index (χ4n) is 2.06. The first-order chi connectivity index (χ1) is 11.5. The first-order valence-electron chi connectivity index (χ1n) is 6.95. The molecule has 0 aliphatic carbocycles. The Bertz CT molecular complexity index is 887. The lowest BCUT2D eigenvalue weighted by atomic mass is 10.2. The summed E-state index contributed by atoms with van der Waals surface area (Å²) in [6.07, 6.45) is 1.46. The molecule has 0 spiro atoms. The largest absolute Gasteiger partial charge is 0.461 e. The van der Waals surface area contributed by atoms with E-state index in [2.05, 4.69) is 5.32 Å². The van der Waals surface area contributed by atoms with E-state index in [1.54, 1.807) is 36.4 Å². The smallest absolute Gasteiger partial charge is 0.253 e. The quantitative estimate of drug-likeness (QED) is 0.647. The second-order valence-corrected chi connectivity index (χ2v) is 6.89. The zero-order valence-electron chi connectivity index (χ0n) is 12.2. The number of carbonyl (C=O) groups excluding carboxylic acids is 2. The molecule has 0 saturated carbocycles. The van der Waals surface area contributed by atoms with Crippen LogP contribution in [0.1, 0.15) is 30.7 Å². The fraction of sp³-hybridized carbons (Fsp3) is 0.0588. The Balaban J connectivity index is 1.66. The summed E-state index contributed by atoms with van der Waals surface area (Å²) in [4.78, 5) is 25.7. The molecule has 7 heteroatoms. The molecule has 0 atom stereocenters. The molecule has 0 unspecified atom stereocenters. The number of rotatable bonds is 5. The van der Waals surface area contributed by atoms with Gasteiger partial charge in [0.1, 0.15) is 0 Å². The molecule has 1 N–H and O–H groups in total. The van der Waals surface area contributed by atoms with Crippen LogP contribution < -0.4 is 5.32 Å². The van der Waals surface area contributed by atoms with Gasteiger partial charge in [-0.2, -0.15) is 0 Å². The molecule has 2 aromatic heterocycles. The average Bonchev–Trinajstić information content (AvgIpc) is 3.26. The van der Waals surface area contributed by atoms with Crippen LogP contribution in [0.25, 0.3) is 0 Å². The van der Waals surface area contributed by atoms with Gasteiger partial charge in [-0.05, 0) is 42.5 Å². The molecule has 1 amide bonds. The number of thiophene rings is 1. The molecule has 3 aromatic rings. The minimum atomic E-state index is -0.324. The molecule has 0 aliphatic rings. The fourth-order valence-corrected chi connectivity index (χ4v) is 3.33. The van der Waals surface area contributed by atoms with E-state index in [0.29, 0.717) is 20.5 Å². The third-order valence-electron chi connectivity index (χ3n) is 3.23. The molecular formula is C17H11Cl2NO3S. The van der Waals surface area contributed by atoms with Crippen molar-refractivity contribution in [3.8, 4) is 0 Å². The first-order valence-corrected chi connectivity index (χ1v) is 8.52. The summed E-state index contributed by atoms with van der Waals surface area (Å²) >= 11 is 13.2. The second kappa shape index (κ2) is 7.21. The van der Waals surface area contributed by atoms with E-state index in [1.807, 2.05) is 0 Å². The number of nitrogens with one attached hydrogen (secondary N) is 1. The molecule has 0 bridgehead atoms. The van der Waals surface area contributed by atoms with Crippen LogP contribution in [0.2, 0.25) is 10.0 Å². The maximum Gasteiger partial charge on any atom is 0.253 e. The predicted octanol–water partition coefficient (Wildman–Crippen LogP) is 4.81. The zero-order chi connectivity index (χ0) is 17.1. The number of hydrogen-bond acceptors (Lipinski definition) is 4. The number of amides is 1. The number of ketones is 1. The lowest BCUT2D eigenvalue weighted by molar-refractivity contribution is 0.0950. The monoisotopic (exact) mass is 379 g/mol. The predicted molar refractivity (Wildman–Crippen MR) is 94.1 cm³/mol. The van der Waals surface area contributed by atoms with Crippen LogP contribution in [0.4, 0.5) is 0 Å². The highest BCUT2D eigenvalue weighted by molar-refractivity contribution is 7.14. The summed E-state index contributed by atoms with van der Waals surface area (Å²) in [5.41, 5.74) is 0.313. The summed E-state index contributed by atoms with van der Waals surface area (Å²) < 4.78 is 5.10. The molecule has 0 fully saturated rings. The molecule has 0 aliphatic heterocycles. The Morgan fingerprint density at radius 2 is 1.96 bits per heavy atom. The van der Waals surface area contributed by atoms with Crippen molar-refractivity contribution in [1.29, 1.82) is 0 Å². The van der Waals surface area contributed by atoms with E-state index >= 15 is 0 Å². The van der Waals surface area contributed by atoms with Gasteiger partial charge >= 0.3 is 0 Å². The van der Waals surface area contributed by atoms with Crippen molar-refractivity contribution in [2.45, 2.75) is 6.54 Å². The molecule has 24 heavy (non-hydrogen) atoms. The highest BCUT2D eigenvalue weighted by Crippen LogP contribution is 2.22. The van der Waals surface area contributed by atoms with E-state index in [-0.39, 0.29) is 24.0 Å². The topological polar surface area (TPSA) is 59.3 Å². The van der Waals surface area contributed by atoms with E-state index in [1.165, 1.54) is 23.7 Å². The van der Waals surface area contributed by atoms with Crippen molar-refractivity contribution in [2.24, 2.45) is 0 Å². The number of halogens is 2. The van der Waals surface area contributed by atoms with Crippen molar-refractivity contribution < 1.29 is 14.0 Å². The van der Waals surface area contributed by atoms with Crippen LogP contribution in [0, 0.1) is 0 Å². The van der Waals surface area contributed by atoms with Crippen LogP contribution in [0.15, 0.2) is 53.1 Å². The van der Waals surface area contributed by atoms with Gasteiger partial charge in [-0.3, -0.25) is 9.59 Å². The average molecular weight is 380 g/mol. The van der Waals surface area contributed by atoms with E-state index < -0.39 is 0 Å². The first kappa shape index (κ1) is 16.8. The summed E-state index contributed by atoms with van der Waals surface area (Å²) in [6.45, 7) is 0.289. The van der Waals surface area contributed by atoms with Crippen LogP contribution in [-0.4, -0.2) is 11.7 Å². The number of furan rings is 1. The summed E-state index contributed by atoms with van der Waals surface area (Å²) in [7, 11) is 0. The van der Waals surface area contributed by atoms with Crippen molar-refractivity contribution in [2.75, 3.05) is 0 Å². The Morgan fingerprint density at radius 1 is 1.12 bits per heavy atom. The van der Waals surface area contributed by atoms with Gasteiger partial charge in [-0.15, -0.1) is 11.3 Å². The Morgan fingerprint density at radius 3 is 2.71 bits per heavy atom. The van der Waals surface area contributed by atoms with Crippen molar-refractivity contribution in [3.63, 3.8) is 0 Å². The molecule has 1 aromatic carbocycles. The Labute approximate surface area is 152 Å². The lowest BCUT2D eigenvalue weighted by Gasteiger charge is -2.06. The minimum Gasteiger partial charge on any atom is -0.461 e. The summed E-state index contributed by atoms with van der Waals surface area (Å²) in [6, 6.07) is 11.5. The maximum absolute atomic E-state index is 12.2. The SMILES string of the molecule is O=C(c1ccco1)c1ccc(CNC(=O)c2cc(Cl)ccc2Cl)s1. The van der Waals surface area contributed by atoms with Gasteiger partial charge in [0.25, 0.3) is 5.91 Å². The molecule has 3 rings (SSSR count).